The lowest BCUT2D eigenvalue weighted by Gasteiger charge is -2.11. The molecular formula is C72H63BrF3N3O12. The fraction of sp³-hybridized carbons (Fsp3) is 0.222. The molecule has 9 rings (SSSR count). The van der Waals surface area contributed by atoms with Crippen LogP contribution in [0.2, 0.25) is 0 Å². The lowest BCUT2D eigenvalue weighted by molar-refractivity contribution is -0.141. The van der Waals surface area contributed by atoms with Gasteiger partial charge in [0, 0.05) is 15.6 Å². The molecule has 0 spiro atoms. The molecule has 91 heavy (non-hydrogen) atoms. The van der Waals surface area contributed by atoms with Crippen LogP contribution in [0.3, 0.4) is 0 Å². The molecule has 2 aromatic heterocycles. The van der Waals surface area contributed by atoms with E-state index in [1.54, 1.807) is 107 Å². The number of phenols is 2. The number of alkyl halides is 3. The van der Waals surface area contributed by atoms with E-state index in [2.05, 4.69) is 82.7 Å². The summed E-state index contributed by atoms with van der Waals surface area (Å²) in [4.78, 5) is 54.4. The van der Waals surface area contributed by atoms with Crippen LogP contribution in [0, 0.1) is 47.4 Å². The first-order chi connectivity index (χ1) is 43.6. The maximum Gasteiger partial charge on any atom is 0.416 e. The van der Waals surface area contributed by atoms with E-state index in [4.69, 9.17) is 29.5 Å². The number of nitrogen functional groups attached to an aromatic ring is 1. The van der Waals surface area contributed by atoms with E-state index in [-0.39, 0.29) is 78.5 Å². The van der Waals surface area contributed by atoms with Gasteiger partial charge in [0.05, 0.1) is 81.9 Å². The lowest BCUT2D eigenvalue weighted by atomic mass is 9.95. The number of anilines is 1. The fourth-order valence-corrected chi connectivity index (χ4v) is 9.40. The Morgan fingerprint density at radius 3 is 1.35 bits per heavy atom. The van der Waals surface area contributed by atoms with E-state index < -0.39 is 23.6 Å². The summed E-state index contributed by atoms with van der Waals surface area (Å²) in [6, 6.07) is 42.4. The largest absolute Gasteiger partial charge is 0.508 e. The zero-order valence-electron chi connectivity index (χ0n) is 50.6. The Morgan fingerprint density at radius 1 is 0.516 bits per heavy atom. The molecule has 0 aliphatic rings. The van der Waals surface area contributed by atoms with Crippen molar-refractivity contribution in [1.82, 2.24) is 9.97 Å². The Hall–Kier alpha value is -10.7. The molecule has 0 saturated heterocycles. The highest BCUT2D eigenvalue weighted by atomic mass is 79.9. The van der Waals surface area contributed by atoms with Gasteiger partial charge in [0.15, 0.2) is 11.2 Å². The SMILES string of the molecule is CC#CC(CC(=O)O)c1ccc2oc(-c3cccc(-c4ccc(C(F)(F)F)cc4)c3)nc2c1.CC#CC(CC(=O)OC)c1ccc(O)c(N)c1.CC#CC(CC(=O)OC)c1ccc(O)cc1.CC#CC(CC(=O)OC)c1ccc2oc(-c3cccc(Br)c3)nc2c1. The molecule has 0 aliphatic heterocycles. The van der Waals surface area contributed by atoms with Crippen molar-refractivity contribution < 1.29 is 70.7 Å². The second-order valence-corrected chi connectivity index (χ2v) is 20.7. The maximum atomic E-state index is 12.8. The minimum Gasteiger partial charge on any atom is -0.508 e. The second kappa shape index (κ2) is 33.6. The molecular weight excluding hydrogens is 1240 g/mol. The number of phenolic OH excluding ortho intramolecular Hbond substituents is 2. The summed E-state index contributed by atoms with van der Waals surface area (Å²) in [5.41, 5.74) is 14.0. The van der Waals surface area contributed by atoms with Gasteiger partial charge in [0.2, 0.25) is 11.8 Å². The normalized spacial score (nSPS) is 11.7. The topological polar surface area (TPSA) is 235 Å². The number of aliphatic carboxylic acids is 1. The molecule has 0 saturated carbocycles. The number of halogens is 4. The minimum absolute atomic E-state index is 0.0232. The van der Waals surface area contributed by atoms with Crippen LogP contribution in [-0.2, 0) is 39.6 Å². The number of carboxylic acids is 1. The van der Waals surface area contributed by atoms with Crippen LogP contribution >= 0.6 is 15.9 Å². The minimum atomic E-state index is -4.39. The number of hydrogen-bond donors (Lipinski definition) is 4. The molecule has 9 aromatic rings. The Labute approximate surface area is 532 Å². The van der Waals surface area contributed by atoms with Crippen LogP contribution in [0.4, 0.5) is 18.9 Å². The number of esters is 3. The summed E-state index contributed by atoms with van der Waals surface area (Å²) in [5, 5.41) is 27.7. The highest BCUT2D eigenvalue weighted by molar-refractivity contribution is 9.10. The van der Waals surface area contributed by atoms with Crippen molar-refractivity contribution in [2.24, 2.45) is 0 Å². The zero-order valence-corrected chi connectivity index (χ0v) is 52.2. The molecule has 0 radical (unpaired) electrons. The van der Waals surface area contributed by atoms with E-state index >= 15 is 0 Å². The van der Waals surface area contributed by atoms with Crippen molar-refractivity contribution in [1.29, 1.82) is 0 Å². The molecule has 4 atom stereocenters. The third-order valence-electron chi connectivity index (χ3n) is 13.6. The van der Waals surface area contributed by atoms with Gasteiger partial charge in [-0.2, -0.15) is 13.2 Å². The molecule has 0 aliphatic carbocycles. The molecule has 15 nitrogen and oxygen atoms in total. The van der Waals surface area contributed by atoms with Gasteiger partial charge in [-0.05, 0) is 152 Å². The molecule has 19 heteroatoms. The Bertz CT molecular complexity index is 4280. The Morgan fingerprint density at radius 2 is 0.923 bits per heavy atom. The monoisotopic (exact) mass is 1300 g/mol. The van der Waals surface area contributed by atoms with E-state index in [0.717, 1.165) is 55.5 Å². The first kappa shape index (κ1) is 69.4. The van der Waals surface area contributed by atoms with Gasteiger partial charge in [-0.3, -0.25) is 19.2 Å². The van der Waals surface area contributed by atoms with Gasteiger partial charge in [-0.25, -0.2) is 9.97 Å². The average molecular weight is 1300 g/mol. The zero-order chi connectivity index (χ0) is 66.2. The van der Waals surface area contributed by atoms with Gasteiger partial charge < -0.3 is 44.1 Å². The summed E-state index contributed by atoms with van der Waals surface area (Å²) in [7, 11) is 4.07. The number of carboxylic acid groups (broad SMARTS) is 1. The summed E-state index contributed by atoms with van der Waals surface area (Å²) in [6.45, 7) is 6.84. The van der Waals surface area contributed by atoms with Crippen LogP contribution in [0.25, 0.3) is 56.2 Å². The number of benzene rings is 7. The number of aromatic hydroxyl groups is 2. The third-order valence-corrected chi connectivity index (χ3v) is 14.0. The first-order valence-electron chi connectivity index (χ1n) is 27.9. The van der Waals surface area contributed by atoms with Gasteiger partial charge in [-0.1, -0.05) is 100 Å². The summed E-state index contributed by atoms with van der Waals surface area (Å²) in [5.74, 6) is 21.2. The van der Waals surface area contributed by atoms with E-state index in [9.17, 15) is 37.5 Å². The van der Waals surface area contributed by atoms with Crippen LogP contribution in [0.5, 0.6) is 11.5 Å². The first-order valence-corrected chi connectivity index (χ1v) is 28.7. The van der Waals surface area contributed by atoms with Gasteiger partial charge in [0.1, 0.15) is 22.5 Å². The number of rotatable bonds is 15. The number of nitrogens with two attached hydrogens (primary N) is 1. The Balaban J connectivity index is 0.000000202. The number of hydrogen-bond acceptors (Lipinski definition) is 14. The molecule has 5 N–H and O–H groups in total. The molecule has 0 fully saturated rings. The van der Waals surface area contributed by atoms with Crippen LogP contribution in [0.15, 0.2) is 165 Å². The number of fused-ring (bicyclic) bond motifs is 2. The second-order valence-electron chi connectivity index (χ2n) is 19.8. The molecule has 7 aromatic carbocycles. The van der Waals surface area contributed by atoms with E-state index in [1.807, 2.05) is 42.5 Å². The van der Waals surface area contributed by atoms with Crippen molar-refractivity contribution >= 4 is 67.7 Å². The highest BCUT2D eigenvalue weighted by Crippen LogP contribution is 2.35. The van der Waals surface area contributed by atoms with E-state index in [0.29, 0.717) is 39.6 Å². The number of oxazole rings is 2. The lowest BCUT2D eigenvalue weighted by Crippen LogP contribution is -2.07. The summed E-state index contributed by atoms with van der Waals surface area (Å²) < 4.78 is 65.2. The summed E-state index contributed by atoms with van der Waals surface area (Å²) in [6.07, 6.45) is -3.90. The van der Waals surface area contributed by atoms with Crippen LogP contribution < -0.4 is 5.73 Å². The smallest absolute Gasteiger partial charge is 0.416 e. The fourth-order valence-electron chi connectivity index (χ4n) is 9.00. The quantitative estimate of drug-likeness (QED) is 0.0246. The summed E-state index contributed by atoms with van der Waals surface area (Å²) >= 11 is 3.45. The number of carbonyl (C=O) groups is 4. The van der Waals surface area contributed by atoms with Crippen molar-refractivity contribution in [2.45, 2.75) is 83.2 Å². The van der Waals surface area contributed by atoms with Crippen molar-refractivity contribution in [3.8, 4) is 92.9 Å². The predicted molar refractivity (Wildman–Crippen MR) is 345 cm³/mol. The van der Waals surface area contributed by atoms with Gasteiger partial charge in [0.25, 0.3) is 0 Å². The number of carbonyl (C=O) groups excluding carboxylic acids is 3. The molecule has 466 valence electrons. The highest BCUT2D eigenvalue weighted by Gasteiger charge is 2.30. The molecule has 0 bridgehead atoms. The predicted octanol–water partition coefficient (Wildman–Crippen LogP) is 15.4. The van der Waals surface area contributed by atoms with E-state index in [1.165, 1.54) is 39.5 Å². The van der Waals surface area contributed by atoms with Crippen LogP contribution in [0.1, 0.15) is 105 Å². The maximum absolute atomic E-state index is 12.8. The van der Waals surface area contributed by atoms with Crippen molar-refractivity contribution in [3.05, 3.63) is 184 Å². The Kier molecular flexibility index (Phi) is 25.6. The number of aromatic nitrogens is 2. The molecule has 0 amide bonds. The van der Waals surface area contributed by atoms with Crippen molar-refractivity contribution in [2.75, 3.05) is 27.1 Å². The third kappa shape index (κ3) is 20.4. The van der Waals surface area contributed by atoms with Gasteiger partial charge >= 0.3 is 30.1 Å². The number of nitrogens with zero attached hydrogens (tertiary/aromatic N) is 2. The van der Waals surface area contributed by atoms with Crippen LogP contribution in [-0.4, -0.2) is 70.5 Å². The molecule has 2 heterocycles. The number of ether oxygens (including phenoxy) is 3. The molecule has 4 unspecified atom stereocenters. The van der Waals surface area contributed by atoms with Gasteiger partial charge in [-0.15, -0.1) is 23.7 Å². The van der Waals surface area contributed by atoms with Crippen molar-refractivity contribution in [3.63, 3.8) is 0 Å². The number of methoxy groups -OCH3 is 3. The average Bonchev–Trinajstić information content (AvgIpc) is 1.87. The standard InChI is InChI=1S/C26H18F3NO3.C20H16BrNO3.C13H15NO3.C13H14O3/c1-2-4-17(15-24(31)32)19-9-12-23-22(14-19)30-25(33-23)20-6-3-5-18(13-20)16-7-10-21(11-8-16)26(27,28)29;1-3-5-13(12-19(23)24-2)14-8-9-18-17(11-14)22-20(25-18)15-6-4-7-16(21)10-15;1-3-4-9(8-13(16)17-2)10-5-6-12(15)11(14)7-10;1-3-4-11(9-13(15)16-2)10-5-7-12(14)8-6-10/h3,5-14,17H,15H2,1H3,(H,31,32);4,6-11,13H,12H2,1-2H3;5-7,9,15H,8,14H2,1-2H3;5-8,11,14H,9H2,1-2H3.